The predicted molar refractivity (Wildman–Crippen MR) is 113 cm³/mol. The number of fused-ring (bicyclic) bond motifs is 1. The molecule has 3 aromatic carbocycles. The lowest BCUT2D eigenvalue weighted by Crippen LogP contribution is -1.99. The van der Waals surface area contributed by atoms with Crippen molar-refractivity contribution in [2.45, 2.75) is 4.90 Å². The summed E-state index contributed by atoms with van der Waals surface area (Å²) in [5.41, 5.74) is 1.88. The molecule has 1 aromatic heterocycles. The second-order valence-electron chi connectivity index (χ2n) is 6.10. The van der Waals surface area contributed by atoms with Gasteiger partial charge in [0, 0.05) is 22.9 Å². The summed E-state index contributed by atoms with van der Waals surface area (Å²) in [7, 11) is 3.59. The molecule has 0 fully saturated rings. The van der Waals surface area contributed by atoms with Crippen molar-refractivity contribution >= 4 is 34.1 Å². The SMILES string of the molecule is COc1c(-c2nnc(-c3ccccc3SC)n2C)cc2ccccc2c1Cl. The average Bonchev–Trinajstić information content (AvgIpc) is 3.09. The Morgan fingerprint density at radius 3 is 2.37 bits per heavy atom. The maximum atomic E-state index is 6.63. The van der Waals surface area contributed by atoms with E-state index in [1.165, 1.54) is 0 Å². The molecule has 0 atom stereocenters. The molecule has 4 nitrogen and oxygen atoms in total. The lowest BCUT2D eigenvalue weighted by atomic mass is 10.0. The lowest BCUT2D eigenvalue weighted by molar-refractivity contribution is 0.417. The second kappa shape index (κ2) is 7.25. The van der Waals surface area contributed by atoms with Crippen molar-refractivity contribution in [3.8, 4) is 28.5 Å². The Bertz CT molecular complexity index is 1140. The van der Waals surface area contributed by atoms with Crippen LogP contribution in [-0.4, -0.2) is 28.1 Å². The Labute approximate surface area is 167 Å². The summed E-state index contributed by atoms with van der Waals surface area (Å²) in [5, 5.41) is 11.5. The van der Waals surface area contributed by atoms with Crippen LogP contribution in [0.15, 0.2) is 59.5 Å². The molecule has 0 saturated heterocycles. The number of benzene rings is 3. The second-order valence-corrected chi connectivity index (χ2v) is 7.33. The quantitative estimate of drug-likeness (QED) is 0.416. The molecule has 27 heavy (non-hydrogen) atoms. The summed E-state index contributed by atoms with van der Waals surface area (Å²) in [6, 6.07) is 18.2. The van der Waals surface area contributed by atoms with Crippen LogP contribution in [0.1, 0.15) is 0 Å². The van der Waals surface area contributed by atoms with E-state index in [1.54, 1.807) is 18.9 Å². The Morgan fingerprint density at radius 1 is 0.963 bits per heavy atom. The van der Waals surface area contributed by atoms with Crippen LogP contribution < -0.4 is 4.74 Å². The van der Waals surface area contributed by atoms with E-state index in [0.29, 0.717) is 16.6 Å². The van der Waals surface area contributed by atoms with Crippen LogP contribution >= 0.6 is 23.4 Å². The topological polar surface area (TPSA) is 39.9 Å². The normalized spacial score (nSPS) is 11.1. The molecule has 0 aliphatic carbocycles. The molecule has 0 aliphatic rings. The van der Waals surface area contributed by atoms with E-state index in [4.69, 9.17) is 16.3 Å². The van der Waals surface area contributed by atoms with Gasteiger partial charge in [0.05, 0.1) is 17.7 Å². The van der Waals surface area contributed by atoms with Crippen LogP contribution in [0.25, 0.3) is 33.5 Å². The van der Waals surface area contributed by atoms with Crippen LogP contribution in [0.5, 0.6) is 5.75 Å². The van der Waals surface area contributed by atoms with Gasteiger partial charge in [-0.05, 0) is 23.8 Å². The first-order valence-corrected chi connectivity index (χ1v) is 10.0. The summed E-state index contributed by atoms with van der Waals surface area (Å²) >= 11 is 8.32. The van der Waals surface area contributed by atoms with Crippen molar-refractivity contribution < 1.29 is 4.74 Å². The van der Waals surface area contributed by atoms with E-state index in [-0.39, 0.29) is 0 Å². The van der Waals surface area contributed by atoms with Gasteiger partial charge in [0.2, 0.25) is 0 Å². The van der Waals surface area contributed by atoms with Gasteiger partial charge in [-0.3, -0.25) is 0 Å². The smallest absolute Gasteiger partial charge is 0.167 e. The Balaban J connectivity index is 1.94. The number of ether oxygens (including phenoxy) is 1. The molecule has 0 saturated carbocycles. The molecule has 4 rings (SSSR count). The first kappa shape index (κ1) is 17.9. The number of hydrogen-bond acceptors (Lipinski definition) is 4. The fraction of sp³-hybridized carbons (Fsp3) is 0.143. The first-order chi connectivity index (χ1) is 13.2. The van der Waals surface area contributed by atoms with Gasteiger partial charge in [0.1, 0.15) is 5.75 Å². The standard InChI is InChI=1S/C21H18ClN3OS/c1-25-20(15-10-6-7-11-17(15)27-3)23-24-21(25)16-12-13-8-4-5-9-14(13)18(22)19(16)26-2/h4-12H,1-3H3. The number of nitrogens with zero attached hydrogens (tertiary/aromatic N) is 3. The van der Waals surface area contributed by atoms with E-state index in [2.05, 4.69) is 28.6 Å². The molecule has 1 heterocycles. The van der Waals surface area contributed by atoms with E-state index in [1.807, 2.05) is 54.1 Å². The summed E-state index contributed by atoms with van der Waals surface area (Å²) in [6.45, 7) is 0. The molecule has 0 radical (unpaired) electrons. The van der Waals surface area contributed by atoms with Gasteiger partial charge in [0.25, 0.3) is 0 Å². The van der Waals surface area contributed by atoms with Crippen molar-refractivity contribution in [3.63, 3.8) is 0 Å². The Kier molecular flexibility index (Phi) is 4.81. The van der Waals surface area contributed by atoms with Gasteiger partial charge in [-0.1, -0.05) is 54.1 Å². The van der Waals surface area contributed by atoms with Gasteiger partial charge in [-0.15, -0.1) is 22.0 Å². The van der Waals surface area contributed by atoms with Gasteiger partial charge >= 0.3 is 0 Å². The third-order valence-corrected chi connectivity index (χ3v) is 5.78. The van der Waals surface area contributed by atoms with Gasteiger partial charge in [-0.25, -0.2) is 0 Å². The summed E-state index contributed by atoms with van der Waals surface area (Å²) < 4.78 is 7.62. The molecule has 0 spiro atoms. The lowest BCUT2D eigenvalue weighted by Gasteiger charge is -2.13. The summed E-state index contributed by atoms with van der Waals surface area (Å²) in [4.78, 5) is 1.16. The first-order valence-electron chi connectivity index (χ1n) is 8.44. The van der Waals surface area contributed by atoms with E-state index >= 15 is 0 Å². The number of hydrogen-bond donors (Lipinski definition) is 0. The van der Waals surface area contributed by atoms with Crippen molar-refractivity contribution in [2.24, 2.45) is 7.05 Å². The molecule has 0 amide bonds. The largest absolute Gasteiger partial charge is 0.494 e. The number of methoxy groups -OCH3 is 1. The number of aromatic nitrogens is 3. The molecule has 136 valence electrons. The fourth-order valence-electron chi connectivity index (χ4n) is 3.28. The minimum Gasteiger partial charge on any atom is -0.494 e. The number of thioether (sulfide) groups is 1. The number of halogens is 1. The van der Waals surface area contributed by atoms with Gasteiger partial charge < -0.3 is 9.30 Å². The minimum absolute atomic E-state index is 0.583. The van der Waals surface area contributed by atoms with Gasteiger partial charge in [0.15, 0.2) is 11.6 Å². The zero-order valence-electron chi connectivity index (χ0n) is 15.2. The molecule has 4 aromatic rings. The van der Waals surface area contributed by atoms with Crippen LogP contribution in [0, 0.1) is 0 Å². The summed E-state index contributed by atoms with van der Waals surface area (Å²) in [6.07, 6.45) is 2.06. The zero-order chi connectivity index (χ0) is 19.0. The third-order valence-electron chi connectivity index (χ3n) is 4.61. The maximum absolute atomic E-state index is 6.63. The Morgan fingerprint density at radius 2 is 1.63 bits per heavy atom. The highest BCUT2D eigenvalue weighted by atomic mass is 35.5. The highest BCUT2D eigenvalue weighted by Gasteiger charge is 2.21. The molecule has 0 aliphatic heterocycles. The van der Waals surface area contributed by atoms with Crippen LogP contribution in [0.2, 0.25) is 5.02 Å². The molecule has 0 unspecified atom stereocenters. The average molecular weight is 396 g/mol. The highest BCUT2D eigenvalue weighted by molar-refractivity contribution is 7.98. The van der Waals surface area contributed by atoms with E-state index in [9.17, 15) is 0 Å². The molecule has 0 bridgehead atoms. The highest BCUT2D eigenvalue weighted by Crippen LogP contribution is 2.41. The van der Waals surface area contributed by atoms with Crippen molar-refractivity contribution in [1.29, 1.82) is 0 Å². The number of rotatable bonds is 4. The zero-order valence-corrected chi connectivity index (χ0v) is 16.8. The fourth-order valence-corrected chi connectivity index (χ4v) is 4.22. The van der Waals surface area contributed by atoms with Crippen LogP contribution in [0.4, 0.5) is 0 Å². The van der Waals surface area contributed by atoms with Gasteiger partial charge in [-0.2, -0.15) is 0 Å². The maximum Gasteiger partial charge on any atom is 0.167 e. The summed E-state index contributed by atoms with van der Waals surface area (Å²) in [5.74, 6) is 2.13. The molecular formula is C21H18ClN3OS. The van der Waals surface area contributed by atoms with Crippen molar-refractivity contribution in [1.82, 2.24) is 14.8 Å². The molecular weight excluding hydrogens is 378 g/mol. The predicted octanol–water partition coefficient (Wildman–Crippen LogP) is 5.69. The minimum atomic E-state index is 0.583. The van der Waals surface area contributed by atoms with Crippen LogP contribution in [0.3, 0.4) is 0 Å². The van der Waals surface area contributed by atoms with Crippen molar-refractivity contribution in [3.05, 3.63) is 59.6 Å². The molecule has 6 heteroatoms. The van der Waals surface area contributed by atoms with E-state index < -0.39 is 0 Å². The Hall–Kier alpha value is -2.50. The van der Waals surface area contributed by atoms with Crippen LogP contribution in [-0.2, 0) is 7.05 Å². The monoisotopic (exact) mass is 395 g/mol. The molecule has 0 N–H and O–H groups in total. The third kappa shape index (κ3) is 2.97. The van der Waals surface area contributed by atoms with Crippen molar-refractivity contribution in [2.75, 3.05) is 13.4 Å². The van der Waals surface area contributed by atoms with E-state index in [0.717, 1.165) is 32.6 Å².